The van der Waals surface area contributed by atoms with E-state index >= 15 is 0 Å². The van der Waals surface area contributed by atoms with Gasteiger partial charge in [0.05, 0.1) is 17.6 Å². The Morgan fingerprint density at radius 3 is 2.47 bits per heavy atom. The number of hydrogen-bond donors (Lipinski definition) is 2. The van der Waals surface area contributed by atoms with Crippen LogP contribution in [0.2, 0.25) is 0 Å². The predicted octanol–water partition coefficient (Wildman–Crippen LogP) is 2.91. The maximum atomic E-state index is 12.4. The van der Waals surface area contributed by atoms with E-state index in [1.54, 1.807) is 13.0 Å². The Morgan fingerprint density at radius 2 is 1.79 bits per heavy atom. The summed E-state index contributed by atoms with van der Waals surface area (Å²) in [6.07, 6.45) is 0. The minimum absolute atomic E-state index is 0.135. The molecule has 0 atom stereocenters. The molecule has 0 unspecified atom stereocenters. The van der Waals surface area contributed by atoms with Crippen molar-refractivity contribution >= 4 is 52.9 Å². The van der Waals surface area contributed by atoms with Gasteiger partial charge in [-0.25, -0.2) is 9.78 Å². The Hall–Kier alpha value is -4.33. The number of carbonyl (C=O) groups excluding carboxylic acids is 1. The number of carbonyl (C=O) groups is 1. The molecule has 0 saturated heterocycles. The third-order valence-corrected chi connectivity index (χ3v) is 6.05. The van der Waals surface area contributed by atoms with Crippen molar-refractivity contribution in [2.24, 2.45) is 5.73 Å². The highest BCUT2D eigenvalue weighted by atomic mass is 16.4. The second kappa shape index (κ2) is 8.22. The Balaban J connectivity index is 1.72. The van der Waals surface area contributed by atoms with E-state index in [0.717, 1.165) is 16.8 Å². The SMILES string of the molecule is Bc1ccc(Cn2c(Nc3ccc(C)cc3)nc3cc4c(C)c(C(N)=O)c(=O)oc4cc32)cc1. The lowest BCUT2D eigenvalue weighted by Crippen LogP contribution is -2.22. The van der Waals surface area contributed by atoms with Gasteiger partial charge in [0, 0.05) is 17.1 Å². The second-order valence-corrected chi connectivity index (χ2v) is 8.59. The summed E-state index contributed by atoms with van der Waals surface area (Å²) in [5.41, 5.74) is 11.3. The van der Waals surface area contributed by atoms with Crippen LogP contribution < -0.4 is 22.1 Å². The number of anilines is 2. The molecule has 2 heterocycles. The number of benzene rings is 3. The van der Waals surface area contributed by atoms with Crippen molar-refractivity contribution in [3.63, 3.8) is 0 Å². The predicted molar refractivity (Wildman–Crippen MR) is 137 cm³/mol. The van der Waals surface area contributed by atoms with Crippen LogP contribution in [-0.4, -0.2) is 23.3 Å². The van der Waals surface area contributed by atoms with E-state index in [0.29, 0.717) is 34.5 Å². The largest absolute Gasteiger partial charge is 0.422 e. The number of fused-ring (bicyclic) bond motifs is 2. The normalized spacial score (nSPS) is 11.2. The van der Waals surface area contributed by atoms with Gasteiger partial charge in [0.15, 0.2) is 0 Å². The smallest absolute Gasteiger partial charge is 0.349 e. The number of aromatic nitrogens is 2. The van der Waals surface area contributed by atoms with Crippen LogP contribution in [0.15, 0.2) is 69.9 Å². The quantitative estimate of drug-likeness (QED) is 0.317. The molecule has 0 spiro atoms. The van der Waals surface area contributed by atoms with Crippen LogP contribution in [0, 0.1) is 13.8 Å². The van der Waals surface area contributed by atoms with Crippen LogP contribution in [0.4, 0.5) is 11.6 Å². The number of rotatable bonds is 5. The van der Waals surface area contributed by atoms with Crippen molar-refractivity contribution in [1.29, 1.82) is 0 Å². The molecule has 0 radical (unpaired) electrons. The zero-order chi connectivity index (χ0) is 24.0. The van der Waals surface area contributed by atoms with Gasteiger partial charge in [-0.15, -0.1) is 0 Å². The first-order chi connectivity index (χ1) is 16.3. The molecule has 34 heavy (non-hydrogen) atoms. The van der Waals surface area contributed by atoms with Crippen LogP contribution in [0.25, 0.3) is 22.0 Å². The average Bonchev–Trinajstić information content (AvgIpc) is 3.11. The summed E-state index contributed by atoms with van der Waals surface area (Å²) in [6, 6.07) is 20.0. The fraction of sp³-hybridized carbons (Fsp3) is 0.115. The Bertz CT molecular complexity index is 1620. The molecule has 0 fully saturated rings. The van der Waals surface area contributed by atoms with Gasteiger partial charge in [0.25, 0.3) is 5.91 Å². The molecule has 7 nitrogen and oxygen atoms in total. The Labute approximate surface area is 196 Å². The minimum Gasteiger partial charge on any atom is -0.422 e. The fourth-order valence-corrected chi connectivity index (χ4v) is 4.15. The monoisotopic (exact) mass is 450 g/mol. The standard InChI is InChI=1S/C26H23BN4O3/c1-14-3-9-18(10-4-14)29-26-30-20-11-19-15(2)23(24(28)32)25(33)34-22(19)12-21(20)31(26)13-16-5-7-17(27)8-6-16/h3-12H,13,27H2,1-2H3,(H2,28,32)(H,29,30). The van der Waals surface area contributed by atoms with E-state index < -0.39 is 11.5 Å². The third-order valence-electron chi connectivity index (χ3n) is 6.05. The Kier molecular flexibility index (Phi) is 5.20. The van der Waals surface area contributed by atoms with Gasteiger partial charge in [-0.2, -0.15) is 0 Å². The highest BCUT2D eigenvalue weighted by Gasteiger charge is 2.19. The molecule has 0 aliphatic heterocycles. The van der Waals surface area contributed by atoms with Crippen molar-refractivity contribution in [2.45, 2.75) is 20.4 Å². The molecule has 0 aliphatic rings. The first-order valence-electron chi connectivity index (χ1n) is 11.0. The van der Waals surface area contributed by atoms with Crippen molar-refractivity contribution < 1.29 is 9.21 Å². The van der Waals surface area contributed by atoms with Gasteiger partial charge < -0.3 is 20.0 Å². The summed E-state index contributed by atoms with van der Waals surface area (Å²) in [5.74, 6) is -0.148. The summed E-state index contributed by atoms with van der Waals surface area (Å²) in [6.45, 7) is 4.30. The van der Waals surface area contributed by atoms with Gasteiger partial charge in [-0.05, 0) is 43.2 Å². The zero-order valence-electron chi connectivity index (χ0n) is 19.2. The third kappa shape index (κ3) is 3.83. The van der Waals surface area contributed by atoms with E-state index in [-0.39, 0.29) is 5.56 Å². The summed E-state index contributed by atoms with van der Waals surface area (Å²) in [7, 11) is 2.05. The summed E-state index contributed by atoms with van der Waals surface area (Å²) < 4.78 is 7.54. The van der Waals surface area contributed by atoms with Gasteiger partial charge in [-0.1, -0.05) is 47.4 Å². The summed E-state index contributed by atoms with van der Waals surface area (Å²) in [4.78, 5) is 29.1. The van der Waals surface area contributed by atoms with Crippen LogP contribution >= 0.6 is 0 Å². The molecule has 2 aromatic heterocycles. The molecule has 1 amide bonds. The minimum atomic E-state index is -0.806. The number of aryl methyl sites for hydroxylation is 2. The number of hydrogen-bond acceptors (Lipinski definition) is 5. The number of imidazole rings is 1. The van der Waals surface area contributed by atoms with Crippen LogP contribution in [-0.2, 0) is 6.54 Å². The molecule has 0 aliphatic carbocycles. The topological polar surface area (TPSA) is 103 Å². The summed E-state index contributed by atoms with van der Waals surface area (Å²) in [5, 5.41) is 4.04. The van der Waals surface area contributed by atoms with E-state index in [1.165, 1.54) is 11.0 Å². The Morgan fingerprint density at radius 1 is 1.09 bits per heavy atom. The van der Waals surface area contributed by atoms with Crippen LogP contribution in [0.1, 0.15) is 27.0 Å². The highest BCUT2D eigenvalue weighted by Crippen LogP contribution is 2.30. The summed E-state index contributed by atoms with van der Waals surface area (Å²) >= 11 is 0. The van der Waals surface area contributed by atoms with Crippen LogP contribution in [0.3, 0.4) is 0 Å². The van der Waals surface area contributed by atoms with Crippen LogP contribution in [0.5, 0.6) is 0 Å². The molecule has 168 valence electrons. The molecule has 3 aromatic carbocycles. The van der Waals surface area contributed by atoms with E-state index in [9.17, 15) is 9.59 Å². The molecular formula is C26H23BN4O3. The second-order valence-electron chi connectivity index (χ2n) is 8.59. The number of nitrogens with one attached hydrogen (secondary N) is 1. The van der Waals surface area contributed by atoms with E-state index in [2.05, 4.69) is 42.0 Å². The molecule has 0 saturated carbocycles. The van der Waals surface area contributed by atoms with Gasteiger partial charge in [0.2, 0.25) is 5.95 Å². The molecule has 5 aromatic rings. The van der Waals surface area contributed by atoms with Crippen molar-refractivity contribution in [3.8, 4) is 0 Å². The van der Waals surface area contributed by atoms with Crippen molar-refractivity contribution in [2.75, 3.05) is 5.32 Å². The number of primary amides is 1. The van der Waals surface area contributed by atoms with Crippen molar-refractivity contribution in [1.82, 2.24) is 9.55 Å². The average molecular weight is 450 g/mol. The fourth-order valence-electron chi connectivity index (χ4n) is 4.15. The van der Waals surface area contributed by atoms with Crippen molar-refractivity contribution in [3.05, 3.63) is 93.3 Å². The first-order valence-corrected chi connectivity index (χ1v) is 11.0. The maximum absolute atomic E-state index is 12.4. The zero-order valence-corrected chi connectivity index (χ0v) is 19.2. The van der Waals surface area contributed by atoms with Gasteiger partial charge in [0.1, 0.15) is 19.0 Å². The lowest BCUT2D eigenvalue weighted by Gasteiger charge is -2.12. The van der Waals surface area contributed by atoms with Gasteiger partial charge >= 0.3 is 5.63 Å². The lowest BCUT2D eigenvalue weighted by atomic mass is 9.95. The number of nitrogens with two attached hydrogens (primary N) is 1. The molecular weight excluding hydrogens is 427 g/mol. The van der Waals surface area contributed by atoms with Gasteiger partial charge in [-0.3, -0.25) is 4.79 Å². The molecule has 3 N–H and O–H groups in total. The highest BCUT2D eigenvalue weighted by molar-refractivity contribution is 6.32. The molecule has 8 heteroatoms. The number of nitrogens with zero attached hydrogens (tertiary/aromatic N) is 2. The molecule has 5 rings (SSSR count). The van der Waals surface area contributed by atoms with E-state index in [1.807, 2.05) is 37.3 Å². The lowest BCUT2D eigenvalue weighted by molar-refractivity contribution is 0.0996. The number of amides is 1. The first kappa shape index (κ1) is 21.5. The van der Waals surface area contributed by atoms with E-state index in [4.69, 9.17) is 15.1 Å². The maximum Gasteiger partial charge on any atom is 0.349 e. The molecule has 0 bridgehead atoms.